The fraction of sp³-hybridized carbons (Fsp3) is 0.333. The minimum Gasteiger partial charge on any atom is -0.467 e. The molecular formula is C21H22F5N5O4. The molecule has 2 N–H and O–H groups in total. The number of hydrazone groups is 1. The summed E-state index contributed by atoms with van der Waals surface area (Å²) in [6.07, 6.45) is -4.45. The number of aryl methyl sites for hydroxylation is 1. The highest BCUT2D eigenvalue weighted by atomic mass is 19.4. The van der Waals surface area contributed by atoms with E-state index in [1.54, 1.807) is 13.8 Å². The third kappa shape index (κ3) is 7.34. The smallest absolute Gasteiger partial charge is 0.422 e. The molecule has 2 amide bonds. The molecule has 1 heterocycles. The summed E-state index contributed by atoms with van der Waals surface area (Å²) in [5, 5.41) is 16.2. The molecule has 0 aliphatic heterocycles. The van der Waals surface area contributed by atoms with Gasteiger partial charge in [-0.25, -0.2) is 13.8 Å². The molecule has 0 saturated heterocycles. The van der Waals surface area contributed by atoms with Crippen molar-refractivity contribution in [1.29, 1.82) is 0 Å². The van der Waals surface area contributed by atoms with Crippen LogP contribution in [0.3, 0.4) is 0 Å². The second-order valence-electron chi connectivity index (χ2n) is 7.08. The van der Waals surface area contributed by atoms with Crippen LogP contribution in [0.15, 0.2) is 29.4 Å². The second kappa shape index (κ2) is 11.6. The molecule has 0 atom stereocenters. The number of halogens is 5. The van der Waals surface area contributed by atoms with E-state index >= 15 is 0 Å². The van der Waals surface area contributed by atoms with Crippen molar-refractivity contribution in [2.75, 3.05) is 37.1 Å². The molecule has 0 radical (unpaired) electrons. The molecule has 2 aromatic rings. The van der Waals surface area contributed by atoms with Gasteiger partial charge in [-0.2, -0.15) is 23.3 Å². The quantitative estimate of drug-likeness (QED) is 0.179. The Hall–Kier alpha value is -3.81. The number of carbonyl (C=O) groups is 2. The first-order chi connectivity index (χ1) is 16.4. The summed E-state index contributed by atoms with van der Waals surface area (Å²) in [7, 11) is 1.15. The van der Waals surface area contributed by atoms with Gasteiger partial charge in [-0.05, 0) is 37.6 Å². The first-order valence-corrected chi connectivity index (χ1v) is 10.0. The van der Waals surface area contributed by atoms with Crippen LogP contribution in [0.1, 0.15) is 22.8 Å². The van der Waals surface area contributed by atoms with Crippen molar-refractivity contribution in [2.45, 2.75) is 20.0 Å². The van der Waals surface area contributed by atoms with E-state index in [9.17, 15) is 36.6 Å². The molecule has 9 nitrogen and oxygen atoms in total. The van der Waals surface area contributed by atoms with Crippen LogP contribution in [0, 0.1) is 18.6 Å². The minimum absolute atomic E-state index is 0.112. The summed E-state index contributed by atoms with van der Waals surface area (Å²) in [6, 6.07) is 4.32. The zero-order chi connectivity index (χ0) is 26.3. The van der Waals surface area contributed by atoms with E-state index in [-0.39, 0.29) is 18.1 Å². The summed E-state index contributed by atoms with van der Waals surface area (Å²) in [4.78, 5) is 28.4. The molecule has 190 valence electrons. The van der Waals surface area contributed by atoms with Crippen molar-refractivity contribution in [3.63, 3.8) is 0 Å². The molecule has 0 aliphatic carbocycles. The summed E-state index contributed by atoms with van der Waals surface area (Å²) in [5.74, 6) is -4.98. The number of nitrogens with zero attached hydrogens (tertiary/aromatic N) is 4. The van der Waals surface area contributed by atoms with Crippen LogP contribution >= 0.6 is 0 Å². The van der Waals surface area contributed by atoms with Gasteiger partial charge in [-0.1, -0.05) is 6.07 Å². The fourth-order valence-corrected chi connectivity index (χ4v) is 2.76. The molecule has 0 saturated carbocycles. The van der Waals surface area contributed by atoms with Crippen LogP contribution in [0.5, 0.6) is 5.88 Å². The van der Waals surface area contributed by atoms with Gasteiger partial charge in [0.1, 0.15) is 18.0 Å². The van der Waals surface area contributed by atoms with Gasteiger partial charge in [0, 0.05) is 13.6 Å². The lowest BCUT2D eigenvalue weighted by atomic mass is 10.2. The standard InChI is InChI=1S/C21H22F5N5O4/c1-4-31(11-33)17(9-32)29-30(3)18-15(23)8-13(20(28-18)35-10-21(24,25)26)19(34)27-16-7-12(2)5-6-14(16)22/h5-8,11,32H,4,9-10H2,1-3H3,(H,27,34)/b29-17-. The Morgan fingerprint density at radius 1 is 1.26 bits per heavy atom. The number of alkyl halides is 3. The van der Waals surface area contributed by atoms with Gasteiger partial charge in [-0.3, -0.25) is 14.5 Å². The summed E-state index contributed by atoms with van der Waals surface area (Å²) in [6.45, 7) is 0.726. The maximum absolute atomic E-state index is 14.9. The number of aliphatic hydroxyl groups is 1. The monoisotopic (exact) mass is 503 g/mol. The van der Waals surface area contributed by atoms with Gasteiger partial charge >= 0.3 is 6.18 Å². The van der Waals surface area contributed by atoms with Gasteiger partial charge < -0.3 is 15.2 Å². The van der Waals surface area contributed by atoms with Crippen LogP contribution in [0.25, 0.3) is 0 Å². The molecule has 0 fully saturated rings. The van der Waals surface area contributed by atoms with E-state index in [1.807, 2.05) is 0 Å². The maximum atomic E-state index is 14.9. The first-order valence-electron chi connectivity index (χ1n) is 10.0. The second-order valence-corrected chi connectivity index (χ2v) is 7.08. The van der Waals surface area contributed by atoms with Crippen molar-refractivity contribution < 1.29 is 41.4 Å². The fourth-order valence-electron chi connectivity index (χ4n) is 2.76. The van der Waals surface area contributed by atoms with E-state index in [2.05, 4.69) is 20.1 Å². The number of carbonyl (C=O) groups excluding carboxylic acids is 2. The molecule has 0 aliphatic rings. The van der Waals surface area contributed by atoms with Crippen molar-refractivity contribution >= 4 is 29.7 Å². The number of likely N-dealkylation sites (N-methyl/N-ethyl adjacent to an activating group) is 1. The van der Waals surface area contributed by atoms with Gasteiger partial charge in [-0.15, -0.1) is 0 Å². The van der Waals surface area contributed by atoms with Crippen molar-refractivity contribution in [2.24, 2.45) is 5.10 Å². The Balaban J connectivity index is 2.51. The average molecular weight is 503 g/mol. The molecule has 1 aromatic heterocycles. The molecule has 14 heteroatoms. The number of hydrogen-bond donors (Lipinski definition) is 2. The molecule has 0 unspecified atom stereocenters. The average Bonchev–Trinajstić information content (AvgIpc) is 2.79. The maximum Gasteiger partial charge on any atom is 0.422 e. The molecule has 35 heavy (non-hydrogen) atoms. The number of ether oxygens (including phenoxy) is 1. The van der Waals surface area contributed by atoms with E-state index in [0.29, 0.717) is 18.0 Å². The molecule has 0 bridgehead atoms. The Kier molecular flexibility index (Phi) is 9.05. The number of amidine groups is 1. The Bertz CT molecular complexity index is 1110. The minimum atomic E-state index is -4.81. The van der Waals surface area contributed by atoms with E-state index in [0.717, 1.165) is 23.0 Å². The lowest BCUT2D eigenvalue weighted by Gasteiger charge is -2.21. The topological polar surface area (TPSA) is 107 Å². The highest BCUT2D eigenvalue weighted by Crippen LogP contribution is 2.28. The number of aromatic nitrogens is 1. The SMILES string of the molecule is CCN(C=O)/C(CO)=N\N(C)c1nc(OCC(F)(F)F)c(C(=O)Nc2cc(C)ccc2F)cc1F. The molecular weight excluding hydrogens is 481 g/mol. The number of aliphatic hydroxyl groups excluding tert-OH is 1. The van der Waals surface area contributed by atoms with E-state index in [1.165, 1.54) is 12.1 Å². The van der Waals surface area contributed by atoms with Crippen molar-refractivity contribution in [3.05, 3.63) is 47.0 Å². The highest BCUT2D eigenvalue weighted by Gasteiger charge is 2.31. The Labute approximate surface area is 196 Å². The number of pyridine rings is 1. The molecule has 2 rings (SSSR count). The predicted octanol–water partition coefficient (Wildman–Crippen LogP) is 3.08. The lowest BCUT2D eigenvalue weighted by molar-refractivity contribution is -0.154. The lowest BCUT2D eigenvalue weighted by Crippen LogP contribution is -2.34. The predicted molar refractivity (Wildman–Crippen MR) is 116 cm³/mol. The number of hydrogen-bond acceptors (Lipinski definition) is 7. The Morgan fingerprint density at radius 2 is 1.94 bits per heavy atom. The van der Waals surface area contributed by atoms with Crippen molar-refractivity contribution in [1.82, 2.24) is 9.88 Å². The van der Waals surface area contributed by atoms with Crippen LogP contribution in [0.2, 0.25) is 0 Å². The number of rotatable bonds is 9. The van der Waals surface area contributed by atoms with Crippen LogP contribution in [-0.4, -0.2) is 66.1 Å². The first kappa shape index (κ1) is 27.4. The van der Waals surface area contributed by atoms with Crippen LogP contribution in [0.4, 0.5) is 33.5 Å². The number of benzene rings is 1. The number of anilines is 2. The van der Waals surface area contributed by atoms with Crippen LogP contribution in [-0.2, 0) is 4.79 Å². The van der Waals surface area contributed by atoms with E-state index < -0.39 is 54.2 Å². The van der Waals surface area contributed by atoms with Gasteiger partial charge in [0.05, 0.1) is 5.69 Å². The highest BCUT2D eigenvalue weighted by molar-refractivity contribution is 6.06. The van der Waals surface area contributed by atoms with Crippen molar-refractivity contribution in [3.8, 4) is 5.88 Å². The largest absolute Gasteiger partial charge is 0.467 e. The van der Waals surface area contributed by atoms with Crippen LogP contribution < -0.4 is 15.1 Å². The summed E-state index contributed by atoms with van der Waals surface area (Å²) in [5.41, 5.74) is -0.450. The molecule has 0 spiro atoms. The molecule has 1 aromatic carbocycles. The van der Waals surface area contributed by atoms with Gasteiger partial charge in [0.2, 0.25) is 12.3 Å². The third-order valence-electron chi connectivity index (χ3n) is 4.42. The Morgan fingerprint density at radius 3 is 2.51 bits per heavy atom. The normalized spacial score (nSPS) is 11.7. The zero-order valence-corrected chi connectivity index (χ0v) is 18.9. The van der Waals surface area contributed by atoms with E-state index in [4.69, 9.17) is 0 Å². The number of amides is 2. The van der Waals surface area contributed by atoms with Gasteiger partial charge in [0.25, 0.3) is 5.91 Å². The summed E-state index contributed by atoms with van der Waals surface area (Å²) >= 11 is 0. The third-order valence-corrected chi connectivity index (χ3v) is 4.42. The number of nitrogens with one attached hydrogen (secondary N) is 1. The van der Waals surface area contributed by atoms with Gasteiger partial charge in [0.15, 0.2) is 24.1 Å². The zero-order valence-electron chi connectivity index (χ0n) is 18.9. The summed E-state index contributed by atoms with van der Waals surface area (Å²) < 4.78 is 71.8.